The number of anilines is 1. The molecule has 0 radical (unpaired) electrons. The molecule has 3 nitrogen and oxygen atoms in total. The van der Waals surface area contributed by atoms with E-state index >= 15 is 0 Å². The van der Waals surface area contributed by atoms with Gasteiger partial charge in [0.05, 0.1) is 5.56 Å². The minimum atomic E-state index is -4.45. The van der Waals surface area contributed by atoms with E-state index in [9.17, 15) is 18.0 Å². The number of rotatable bonds is 2. The van der Waals surface area contributed by atoms with Crippen LogP contribution in [0.5, 0.6) is 0 Å². The van der Waals surface area contributed by atoms with Crippen molar-refractivity contribution in [3.05, 3.63) is 28.2 Å². The van der Waals surface area contributed by atoms with Crippen LogP contribution in [0.25, 0.3) is 0 Å². The van der Waals surface area contributed by atoms with E-state index in [1.165, 1.54) is 12.1 Å². The number of nitrogens with one attached hydrogen (secondary N) is 2. The van der Waals surface area contributed by atoms with Crippen LogP contribution in [0.2, 0.25) is 0 Å². The van der Waals surface area contributed by atoms with Crippen molar-refractivity contribution in [2.75, 3.05) is 11.9 Å². The molecule has 1 aliphatic heterocycles. The second-order valence-corrected chi connectivity index (χ2v) is 5.23. The van der Waals surface area contributed by atoms with E-state index < -0.39 is 17.8 Å². The van der Waals surface area contributed by atoms with Gasteiger partial charge in [0.15, 0.2) is 0 Å². The van der Waals surface area contributed by atoms with Crippen molar-refractivity contribution in [1.29, 1.82) is 0 Å². The molecular formula is C12H12BrF3N2O. The molecular weight excluding hydrogens is 325 g/mol. The molecule has 1 heterocycles. The summed E-state index contributed by atoms with van der Waals surface area (Å²) < 4.78 is 39.2. The van der Waals surface area contributed by atoms with Gasteiger partial charge in [-0.3, -0.25) is 4.79 Å². The molecule has 19 heavy (non-hydrogen) atoms. The van der Waals surface area contributed by atoms with Gasteiger partial charge in [0, 0.05) is 16.7 Å². The maximum Gasteiger partial charge on any atom is 0.418 e. The van der Waals surface area contributed by atoms with Gasteiger partial charge < -0.3 is 10.6 Å². The number of piperidine rings is 1. The lowest BCUT2D eigenvalue weighted by atomic mass is 10.1. The van der Waals surface area contributed by atoms with Gasteiger partial charge >= 0.3 is 6.18 Å². The number of carbonyl (C=O) groups excluding carboxylic acids is 1. The maximum atomic E-state index is 12.9. The van der Waals surface area contributed by atoms with Crippen LogP contribution in [0.15, 0.2) is 22.7 Å². The lowest BCUT2D eigenvalue weighted by Crippen LogP contribution is -2.44. The number of hydrogen-bond acceptors (Lipinski definition) is 2. The molecule has 1 atom stereocenters. The fraction of sp³-hybridized carbons (Fsp3) is 0.417. The monoisotopic (exact) mass is 336 g/mol. The Morgan fingerprint density at radius 3 is 2.74 bits per heavy atom. The quantitative estimate of drug-likeness (QED) is 0.871. The van der Waals surface area contributed by atoms with E-state index in [1.54, 1.807) is 0 Å². The summed E-state index contributed by atoms with van der Waals surface area (Å²) in [5.74, 6) is -0.264. The Labute approximate surface area is 116 Å². The Morgan fingerprint density at radius 1 is 1.37 bits per heavy atom. The van der Waals surface area contributed by atoms with Crippen LogP contribution >= 0.6 is 15.9 Å². The van der Waals surface area contributed by atoms with E-state index in [1.807, 2.05) is 0 Å². The predicted molar refractivity (Wildman–Crippen MR) is 68.8 cm³/mol. The molecule has 7 heteroatoms. The molecule has 1 aromatic rings. The highest BCUT2D eigenvalue weighted by Crippen LogP contribution is 2.36. The molecule has 1 amide bonds. The molecule has 0 bridgehead atoms. The highest BCUT2D eigenvalue weighted by molar-refractivity contribution is 9.10. The summed E-state index contributed by atoms with van der Waals surface area (Å²) in [5.41, 5.74) is -0.849. The minimum Gasteiger partial charge on any atom is -0.373 e. The Balaban J connectivity index is 2.28. The molecule has 1 aliphatic rings. The minimum absolute atomic E-state index is 0.0797. The van der Waals surface area contributed by atoms with Gasteiger partial charge in [0.2, 0.25) is 5.91 Å². The van der Waals surface area contributed by atoms with Gasteiger partial charge in [-0.1, -0.05) is 15.9 Å². The van der Waals surface area contributed by atoms with Gasteiger partial charge in [-0.2, -0.15) is 13.2 Å². The van der Waals surface area contributed by atoms with E-state index in [2.05, 4.69) is 26.6 Å². The van der Waals surface area contributed by atoms with Crippen LogP contribution in [0.4, 0.5) is 18.9 Å². The van der Waals surface area contributed by atoms with Gasteiger partial charge in [-0.25, -0.2) is 0 Å². The Bertz CT molecular complexity index is 490. The summed E-state index contributed by atoms with van der Waals surface area (Å²) in [6.07, 6.45) is -3.18. The highest BCUT2D eigenvalue weighted by atomic mass is 79.9. The first-order chi connectivity index (χ1) is 8.88. The van der Waals surface area contributed by atoms with Crippen LogP contribution in [-0.2, 0) is 11.0 Å². The third-order valence-electron chi connectivity index (χ3n) is 2.90. The SMILES string of the molecule is O=C1NCCCC1Nc1cc(Br)ccc1C(F)(F)F. The summed E-state index contributed by atoms with van der Waals surface area (Å²) in [6.45, 7) is 0.571. The van der Waals surface area contributed by atoms with Crippen molar-refractivity contribution >= 4 is 27.5 Å². The lowest BCUT2D eigenvalue weighted by Gasteiger charge is -2.25. The molecule has 2 rings (SSSR count). The van der Waals surface area contributed by atoms with Crippen molar-refractivity contribution in [1.82, 2.24) is 5.32 Å². The van der Waals surface area contributed by atoms with Crippen molar-refractivity contribution < 1.29 is 18.0 Å². The number of hydrogen-bond donors (Lipinski definition) is 2. The van der Waals surface area contributed by atoms with Crippen molar-refractivity contribution in [3.8, 4) is 0 Å². The topological polar surface area (TPSA) is 41.1 Å². The van der Waals surface area contributed by atoms with Crippen LogP contribution in [-0.4, -0.2) is 18.5 Å². The summed E-state index contributed by atoms with van der Waals surface area (Å²) >= 11 is 3.14. The lowest BCUT2D eigenvalue weighted by molar-refractivity contribution is -0.137. The first kappa shape index (κ1) is 14.2. The molecule has 1 fully saturated rings. The summed E-state index contributed by atoms with van der Waals surface area (Å²) in [4.78, 5) is 11.6. The van der Waals surface area contributed by atoms with Gasteiger partial charge in [0.1, 0.15) is 6.04 Å². The van der Waals surface area contributed by atoms with E-state index in [0.29, 0.717) is 17.4 Å². The summed E-state index contributed by atoms with van der Waals surface area (Å²) in [5, 5.41) is 5.32. The third-order valence-corrected chi connectivity index (χ3v) is 3.40. The predicted octanol–water partition coefficient (Wildman–Crippen LogP) is 3.16. The third kappa shape index (κ3) is 3.40. The maximum absolute atomic E-state index is 12.9. The standard InChI is InChI=1S/C12H12BrF3N2O/c13-7-3-4-8(12(14,15)16)10(6-7)18-9-2-1-5-17-11(9)19/h3-4,6,9,18H,1-2,5H2,(H,17,19). The molecule has 0 spiro atoms. The van der Waals surface area contributed by atoms with Crippen LogP contribution < -0.4 is 10.6 Å². The Hall–Kier alpha value is -1.24. The zero-order chi connectivity index (χ0) is 14.0. The second kappa shape index (κ2) is 5.40. The fourth-order valence-electron chi connectivity index (χ4n) is 1.98. The molecule has 1 saturated heterocycles. The number of benzene rings is 1. The van der Waals surface area contributed by atoms with Crippen molar-refractivity contribution in [2.24, 2.45) is 0 Å². The van der Waals surface area contributed by atoms with Crippen molar-refractivity contribution in [3.63, 3.8) is 0 Å². The molecule has 0 aliphatic carbocycles. The van der Waals surface area contributed by atoms with Gasteiger partial charge in [-0.15, -0.1) is 0 Å². The van der Waals surface area contributed by atoms with E-state index in [-0.39, 0.29) is 11.6 Å². The van der Waals surface area contributed by atoms with Crippen LogP contribution in [0, 0.1) is 0 Å². The normalized spacial score (nSPS) is 20.0. The Kier molecular flexibility index (Phi) is 4.03. The van der Waals surface area contributed by atoms with Crippen LogP contribution in [0.3, 0.4) is 0 Å². The average molecular weight is 337 g/mol. The molecule has 2 N–H and O–H groups in total. The summed E-state index contributed by atoms with van der Waals surface area (Å²) in [6, 6.07) is 3.04. The van der Waals surface area contributed by atoms with Gasteiger partial charge in [-0.05, 0) is 31.0 Å². The number of alkyl halides is 3. The summed E-state index contributed by atoms with van der Waals surface area (Å²) in [7, 11) is 0. The zero-order valence-corrected chi connectivity index (χ0v) is 11.4. The van der Waals surface area contributed by atoms with E-state index in [0.717, 1.165) is 12.5 Å². The average Bonchev–Trinajstić information content (AvgIpc) is 2.30. The number of carbonyl (C=O) groups is 1. The smallest absolute Gasteiger partial charge is 0.373 e. The molecule has 104 valence electrons. The molecule has 1 aromatic carbocycles. The van der Waals surface area contributed by atoms with E-state index in [4.69, 9.17) is 0 Å². The first-order valence-electron chi connectivity index (χ1n) is 5.79. The van der Waals surface area contributed by atoms with Crippen LogP contribution in [0.1, 0.15) is 18.4 Å². The molecule has 1 unspecified atom stereocenters. The molecule has 0 saturated carbocycles. The van der Waals surface area contributed by atoms with Gasteiger partial charge in [0.25, 0.3) is 0 Å². The number of halogens is 4. The fourth-order valence-corrected chi connectivity index (χ4v) is 2.34. The van der Waals surface area contributed by atoms with Crippen molar-refractivity contribution in [2.45, 2.75) is 25.1 Å². The first-order valence-corrected chi connectivity index (χ1v) is 6.58. The molecule has 0 aromatic heterocycles. The second-order valence-electron chi connectivity index (χ2n) is 4.32. The number of amides is 1. The highest BCUT2D eigenvalue weighted by Gasteiger charge is 2.34. The Morgan fingerprint density at radius 2 is 2.11 bits per heavy atom. The largest absolute Gasteiger partial charge is 0.418 e. The zero-order valence-electron chi connectivity index (χ0n) is 9.85.